The molecule has 1 aliphatic heterocycles. The van der Waals surface area contributed by atoms with Crippen molar-refractivity contribution in [2.24, 2.45) is 0 Å². The average molecular weight is 284 g/mol. The van der Waals surface area contributed by atoms with Crippen LogP contribution < -0.4 is 5.56 Å². The Labute approximate surface area is 111 Å². The van der Waals surface area contributed by atoms with Crippen LogP contribution in [-0.2, 0) is 14.8 Å². The molecule has 2 unspecified atom stereocenters. The smallest absolute Gasteiger partial charge is 0.247 e. The molecule has 1 aliphatic carbocycles. The quantitative estimate of drug-likeness (QED) is 0.848. The molecular weight excluding hydrogens is 268 g/mol. The Balaban J connectivity index is 1.95. The highest BCUT2D eigenvalue weighted by atomic mass is 32.2. The molecule has 0 spiro atoms. The van der Waals surface area contributed by atoms with Crippen LogP contribution >= 0.6 is 0 Å². The Morgan fingerprint density at radius 1 is 1.32 bits per heavy atom. The number of hydrogen-bond acceptors (Lipinski definition) is 4. The number of H-pyrrole nitrogens is 1. The summed E-state index contributed by atoms with van der Waals surface area (Å²) in [5.41, 5.74) is -0.306. The van der Waals surface area contributed by atoms with Crippen LogP contribution in [0.25, 0.3) is 0 Å². The summed E-state index contributed by atoms with van der Waals surface area (Å²) in [7, 11) is -3.55. The number of pyridine rings is 1. The van der Waals surface area contributed by atoms with Crippen LogP contribution in [-0.4, -0.2) is 43.0 Å². The van der Waals surface area contributed by atoms with Crippen LogP contribution in [0.15, 0.2) is 28.0 Å². The lowest BCUT2D eigenvalue weighted by Crippen LogP contribution is -2.51. The molecule has 2 atom stereocenters. The molecule has 2 fully saturated rings. The second kappa shape index (κ2) is 4.73. The fourth-order valence-corrected chi connectivity index (χ4v) is 4.51. The van der Waals surface area contributed by atoms with Gasteiger partial charge in [0.05, 0.1) is 23.6 Å². The number of nitrogens with one attached hydrogen (secondary N) is 1. The summed E-state index contributed by atoms with van der Waals surface area (Å²) >= 11 is 0. The molecule has 1 saturated carbocycles. The van der Waals surface area contributed by atoms with Gasteiger partial charge in [0.25, 0.3) is 0 Å². The molecule has 104 valence electrons. The number of fused-ring (bicyclic) bond motifs is 1. The summed E-state index contributed by atoms with van der Waals surface area (Å²) < 4.78 is 32.3. The SMILES string of the molecule is O=c1ccc(S(=O)(=O)N2CCOC3CCCC32)c[nH]1. The second-order valence-corrected chi connectivity index (χ2v) is 6.80. The van der Waals surface area contributed by atoms with Crippen LogP contribution in [0.5, 0.6) is 0 Å². The zero-order chi connectivity index (χ0) is 13.5. The molecule has 0 radical (unpaired) electrons. The number of aromatic nitrogens is 1. The zero-order valence-corrected chi connectivity index (χ0v) is 11.2. The predicted molar refractivity (Wildman–Crippen MR) is 68.3 cm³/mol. The third-order valence-electron chi connectivity index (χ3n) is 3.79. The van der Waals surface area contributed by atoms with E-state index in [0.717, 1.165) is 19.3 Å². The first-order valence-electron chi connectivity index (χ1n) is 6.41. The molecule has 19 heavy (non-hydrogen) atoms. The molecule has 3 rings (SSSR count). The fourth-order valence-electron chi connectivity index (χ4n) is 2.88. The second-order valence-electron chi connectivity index (χ2n) is 4.91. The van der Waals surface area contributed by atoms with Gasteiger partial charge in [-0.3, -0.25) is 4.79 Å². The van der Waals surface area contributed by atoms with Gasteiger partial charge in [-0.2, -0.15) is 4.31 Å². The Bertz CT molecular complexity index is 604. The zero-order valence-electron chi connectivity index (χ0n) is 10.4. The van der Waals surface area contributed by atoms with Crippen molar-refractivity contribution in [3.8, 4) is 0 Å². The molecule has 0 bridgehead atoms. The van der Waals surface area contributed by atoms with E-state index in [9.17, 15) is 13.2 Å². The van der Waals surface area contributed by atoms with Gasteiger partial charge in [0, 0.05) is 18.8 Å². The molecule has 1 aromatic rings. The highest BCUT2D eigenvalue weighted by Gasteiger charge is 2.42. The van der Waals surface area contributed by atoms with E-state index < -0.39 is 10.0 Å². The minimum Gasteiger partial charge on any atom is -0.375 e. The van der Waals surface area contributed by atoms with Crippen LogP contribution in [0, 0.1) is 0 Å². The Morgan fingerprint density at radius 2 is 2.16 bits per heavy atom. The maximum absolute atomic E-state index is 12.6. The van der Waals surface area contributed by atoms with Gasteiger partial charge < -0.3 is 9.72 Å². The normalized spacial score (nSPS) is 28.2. The lowest BCUT2D eigenvalue weighted by Gasteiger charge is -2.36. The van der Waals surface area contributed by atoms with Crippen LogP contribution in [0.1, 0.15) is 19.3 Å². The molecule has 2 aliphatic rings. The van der Waals surface area contributed by atoms with E-state index in [1.165, 1.54) is 22.6 Å². The average Bonchev–Trinajstić information content (AvgIpc) is 2.87. The van der Waals surface area contributed by atoms with Gasteiger partial charge in [-0.15, -0.1) is 0 Å². The van der Waals surface area contributed by atoms with Gasteiger partial charge in [-0.1, -0.05) is 0 Å². The number of morpholine rings is 1. The molecule has 6 nitrogen and oxygen atoms in total. The summed E-state index contributed by atoms with van der Waals surface area (Å²) in [5.74, 6) is 0. The van der Waals surface area contributed by atoms with Gasteiger partial charge in [0.1, 0.15) is 0 Å². The van der Waals surface area contributed by atoms with E-state index in [2.05, 4.69) is 4.98 Å². The first-order chi connectivity index (χ1) is 9.09. The third-order valence-corrected chi connectivity index (χ3v) is 5.71. The van der Waals surface area contributed by atoms with Gasteiger partial charge in [0.2, 0.25) is 15.6 Å². The highest BCUT2D eigenvalue weighted by Crippen LogP contribution is 2.33. The molecule has 1 aromatic heterocycles. The third kappa shape index (κ3) is 2.22. The van der Waals surface area contributed by atoms with Crippen LogP contribution in [0.4, 0.5) is 0 Å². The molecule has 1 saturated heterocycles. The summed E-state index contributed by atoms with van der Waals surface area (Å²) in [6.45, 7) is 0.812. The van der Waals surface area contributed by atoms with Crippen molar-refractivity contribution in [2.45, 2.75) is 36.3 Å². The minimum absolute atomic E-state index is 0.0197. The first-order valence-corrected chi connectivity index (χ1v) is 7.85. The van der Waals surface area contributed by atoms with E-state index >= 15 is 0 Å². The largest absolute Gasteiger partial charge is 0.375 e. The van der Waals surface area contributed by atoms with Crippen LogP contribution in [0.3, 0.4) is 0 Å². The van der Waals surface area contributed by atoms with E-state index in [1.807, 2.05) is 0 Å². The van der Waals surface area contributed by atoms with Gasteiger partial charge in [-0.05, 0) is 25.3 Å². The lowest BCUT2D eigenvalue weighted by atomic mass is 10.2. The Hall–Kier alpha value is -1.18. The summed E-state index contributed by atoms with van der Waals surface area (Å²) in [4.78, 5) is 13.6. The fraction of sp³-hybridized carbons (Fsp3) is 0.583. The predicted octanol–water partition coefficient (Wildman–Crippen LogP) is 0.317. The summed E-state index contributed by atoms with van der Waals surface area (Å²) in [6, 6.07) is 2.53. The Kier molecular flexibility index (Phi) is 3.20. The first kappa shape index (κ1) is 12.8. The standard InChI is InChI=1S/C12H16N2O4S/c15-12-5-4-9(8-13-12)19(16,17)14-6-7-18-11-3-1-2-10(11)14/h4-5,8,10-11H,1-3,6-7H2,(H,13,15). The maximum Gasteiger partial charge on any atom is 0.247 e. The summed E-state index contributed by atoms with van der Waals surface area (Å²) in [6.07, 6.45) is 4.03. The van der Waals surface area contributed by atoms with Crippen molar-refractivity contribution in [1.82, 2.24) is 9.29 Å². The molecule has 2 heterocycles. The lowest BCUT2D eigenvalue weighted by molar-refractivity contribution is -0.0241. The number of rotatable bonds is 2. The molecule has 1 N–H and O–H groups in total. The molecule has 0 amide bonds. The summed E-state index contributed by atoms with van der Waals surface area (Å²) in [5, 5.41) is 0. The number of sulfonamides is 1. The maximum atomic E-state index is 12.6. The van der Waals surface area contributed by atoms with Crippen LogP contribution in [0.2, 0.25) is 0 Å². The van der Waals surface area contributed by atoms with Crippen molar-refractivity contribution in [1.29, 1.82) is 0 Å². The number of nitrogens with zero attached hydrogens (tertiary/aromatic N) is 1. The molecular formula is C12H16N2O4S. The number of hydrogen-bond donors (Lipinski definition) is 1. The molecule has 7 heteroatoms. The van der Waals surface area contributed by atoms with E-state index in [1.54, 1.807) is 0 Å². The van der Waals surface area contributed by atoms with Crippen molar-refractivity contribution in [2.75, 3.05) is 13.2 Å². The van der Waals surface area contributed by atoms with Gasteiger partial charge in [0.15, 0.2) is 0 Å². The van der Waals surface area contributed by atoms with Crippen molar-refractivity contribution < 1.29 is 13.2 Å². The van der Waals surface area contributed by atoms with Gasteiger partial charge in [-0.25, -0.2) is 8.42 Å². The topological polar surface area (TPSA) is 79.5 Å². The van der Waals surface area contributed by atoms with Crippen molar-refractivity contribution in [3.05, 3.63) is 28.7 Å². The van der Waals surface area contributed by atoms with E-state index in [-0.39, 0.29) is 22.6 Å². The van der Waals surface area contributed by atoms with E-state index in [0.29, 0.717) is 13.2 Å². The Morgan fingerprint density at radius 3 is 2.89 bits per heavy atom. The van der Waals surface area contributed by atoms with E-state index in [4.69, 9.17) is 4.74 Å². The van der Waals surface area contributed by atoms with Crippen molar-refractivity contribution >= 4 is 10.0 Å². The van der Waals surface area contributed by atoms with Gasteiger partial charge >= 0.3 is 0 Å². The minimum atomic E-state index is -3.55. The molecule has 0 aromatic carbocycles. The monoisotopic (exact) mass is 284 g/mol. The van der Waals surface area contributed by atoms with Crippen molar-refractivity contribution in [3.63, 3.8) is 0 Å². The number of aromatic amines is 1. The highest BCUT2D eigenvalue weighted by molar-refractivity contribution is 7.89. The number of ether oxygens (including phenoxy) is 1.